The molecule has 4 rings (SSSR count). The molecule has 0 radical (unpaired) electrons. The molecule has 0 unspecified atom stereocenters. The van der Waals surface area contributed by atoms with Crippen LogP contribution in [0.3, 0.4) is 0 Å². The van der Waals surface area contributed by atoms with Crippen molar-refractivity contribution in [2.24, 2.45) is 0 Å². The fourth-order valence-corrected chi connectivity index (χ4v) is 4.06. The Morgan fingerprint density at radius 1 is 1.10 bits per heavy atom. The van der Waals surface area contributed by atoms with E-state index < -0.39 is 0 Å². The second-order valence-corrected chi connectivity index (χ2v) is 7.59. The van der Waals surface area contributed by atoms with Gasteiger partial charge < -0.3 is 19.5 Å². The lowest BCUT2D eigenvalue weighted by atomic mass is 10.2. The zero-order chi connectivity index (χ0) is 22.1. The Hall–Kier alpha value is -3.61. The van der Waals surface area contributed by atoms with Gasteiger partial charge in [-0.25, -0.2) is 4.39 Å². The number of benzene rings is 2. The first-order valence-corrected chi connectivity index (χ1v) is 10.1. The van der Waals surface area contributed by atoms with E-state index in [1.54, 1.807) is 42.3 Å². The SMILES string of the molecule is COc1cc(NC(=O)c2cc(C)n(-c3ccc(F)cc3)c2C)ccc1N1CCCC1=O. The summed E-state index contributed by atoms with van der Waals surface area (Å²) in [7, 11) is 1.54. The average Bonchev–Trinajstić information content (AvgIpc) is 3.31. The van der Waals surface area contributed by atoms with Gasteiger partial charge in [0, 0.05) is 41.8 Å². The summed E-state index contributed by atoms with van der Waals surface area (Å²) in [5.41, 5.74) is 4.22. The molecule has 2 amide bonds. The second-order valence-electron chi connectivity index (χ2n) is 7.59. The first-order chi connectivity index (χ1) is 14.9. The van der Waals surface area contributed by atoms with Crippen molar-refractivity contribution in [1.29, 1.82) is 0 Å². The largest absolute Gasteiger partial charge is 0.494 e. The molecule has 6 nitrogen and oxygen atoms in total. The van der Waals surface area contributed by atoms with E-state index in [4.69, 9.17) is 4.74 Å². The molecule has 1 saturated heterocycles. The highest BCUT2D eigenvalue weighted by atomic mass is 19.1. The summed E-state index contributed by atoms with van der Waals surface area (Å²) in [6.45, 7) is 4.42. The Morgan fingerprint density at radius 2 is 1.84 bits per heavy atom. The zero-order valence-corrected chi connectivity index (χ0v) is 17.7. The maximum Gasteiger partial charge on any atom is 0.257 e. The smallest absolute Gasteiger partial charge is 0.257 e. The lowest BCUT2D eigenvalue weighted by molar-refractivity contribution is -0.117. The van der Waals surface area contributed by atoms with Crippen molar-refractivity contribution in [1.82, 2.24) is 4.57 Å². The standard InChI is InChI=1S/C24H24FN3O3/c1-15-13-20(16(2)28(15)19-9-6-17(25)7-10-19)24(30)26-18-8-11-21(22(14-18)31-3)27-12-4-5-23(27)29/h6-11,13-14H,4-5,12H2,1-3H3,(H,26,30). The molecule has 2 heterocycles. The molecule has 31 heavy (non-hydrogen) atoms. The molecule has 1 aromatic heterocycles. The Labute approximate surface area is 180 Å². The van der Waals surface area contributed by atoms with Crippen LogP contribution in [-0.4, -0.2) is 30.0 Å². The number of carbonyl (C=O) groups excluding carboxylic acids is 2. The van der Waals surface area contributed by atoms with Gasteiger partial charge in [0.05, 0.1) is 18.4 Å². The van der Waals surface area contributed by atoms with Crippen LogP contribution >= 0.6 is 0 Å². The summed E-state index contributed by atoms with van der Waals surface area (Å²) in [4.78, 5) is 26.8. The molecular formula is C24H24FN3O3. The minimum Gasteiger partial charge on any atom is -0.494 e. The highest BCUT2D eigenvalue weighted by Gasteiger charge is 2.25. The second kappa shape index (κ2) is 8.26. The van der Waals surface area contributed by atoms with Crippen LogP contribution in [0.5, 0.6) is 5.75 Å². The third-order valence-corrected chi connectivity index (χ3v) is 5.56. The number of nitrogens with one attached hydrogen (secondary N) is 1. The number of hydrogen-bond donors (Lipinski definition) is 1. The van der Waals surface area contributed by atoms with Gasteiger partial charge in [-0.3, -0.25) is 9.59 Å². The highest BCUT2D eigenvalue weighted by Crippen LogP contribution is 2.34. The van der Waals surface area contributed by atoms with E-state index >= 15 is 0 Å². The molecule has 0 saturated carbocycles. The first kappa shape index (κ1) is 20.7. The van der Waals surface area contributed by atoms with E-state index in [2.05, 4.69) is 5.32 Å². The third-order valence-electron chi connectivity index (χ3n) is 5.56. The van der Waals surface area contributed by atoms with Crippen LogP contribution < -0.4 is 15.0 Å². The maximum atomic E-state index is 13.3. The van der Waals surface area contributed by atoms with Crippen LogP contribution in [0.25, 0.3) is 5.69 Å². The van der Waals surface area contributed by atoms with E-state index in [1.165, 1.54) is 12.1 Å². The summed E-state index contributed by atoms with van der Waals surface area (Å²) in [6.07, 6.45) is 1.36. The zero-order valence-electron chi connectivity index (χ0n) is 17.7. The number of ether oxygens (including phenoxy) is 1. The molecule has 160 valence electrons. The maximum absolute atomic E-state index is 13.3. The highest BCUT2D eigenvalue weighted by molar-refractivity contribution is 6.06. The van der Waals surface area contributed by atoms with E-state index in [9.17, 15) is 14.0 Å². The normalized spacial score (nSPS) is 13.5. The lowest BCUT2D eigenvalue weighted by Gasteiger charge is -2.19. The van der Waals surface area contributed by atoms with Crippen LogP contribution in [0.15, 0.2) is 48.5 Å². The summed E-state index contributed by atoms with van der Waals surface area (Å²) in [5.74, 6) is 0.0406. The van der Waals surface area contributed by atoms with Crippen molar-refractivity contribution in [3.63, 3.8) is 0 Å². The van der Waals surface area contributed by atoms with Crippen LogP contribution in [0.1, 0.15) is 34.6 Å². The molecule has 1 aliphatic heterocycles. The quantitative estimate of drug-likeness (QED) is 0.654. The molecule has 1 aliphatic rings. The summed E-state index contributed by atoms with van der Waals surface area (Å²) < 4.78 is 20.7. The average molecular weight is 421 g/mol. The van der Waals surface area contributed by atoms with Crippen molar-refractivity contribution in [2.45, 2.75) is 26.7 Å². The predicted octanol–water partition coefficient (Wildman–Crippen LogP) is 4.62. The molecule has 0 atom stereocenters. The van der Waals surface area contributed by atoms with Gasteiger partial charge in [-0.05, 0) is 62.7 Å². The van der Waals surface area contributed by atoms with Gasteiger partial charge in [0.15, 0.2) is 0 Å². The monoisotopic (exact) mass is 421 g/mol. The van der Waals surface area contributed by atoms with Crippen molar-refractivity contribution in [3.05, 3.63) is 71.3 Å². The Balaban J connectivity index is 1.59. The number of aromatic nitrogens is 1. The molecular weight excluding hydrogens is 397 g/mol. The van der Waals surface area contributed by atoms with Crippen molar-refractivity contribution in [3.8, 4) is 11.4 Å². The third kappa shape index (κ3) is 3.91. The van der Waals surface area contributed by atoms with E-state index in [1.807, 2.05) is 24.5 Å². The summed E-state index contributed by atoms with van der Waals surface area (Å²) in [6, 6.07) is 13.2. The van der Waals surface area contributed by atoms with Gasteiger partial charge in [-0.1, -0.05) is 0 Å². The molecule has 1 fully saturated rings. The predicted molar refractivity (Wildman–Crippen MR) is 118 cm³/mol. The fraction of sp³-hybridized carbons (Fsp3) is 0.250. The van der Waals surface area contributed by atoms with Crippen LogP contribution in [-0.2, 0) is 4.79 Å². The molecule has 2 aromatic carbocycles. The molecule has 0 bridgehead atoms. The van der Waals surface area contributed by atoms with Gasteiger partial charge in [0.25, 0.3) is 5.91 Å². The number of aryl methyl sites for hydroxylation is 1. The Kier molecular flexibility index (Phi) is 5.50. The van der Waals surface area contributed by atoms with E-state index in [0.29, 0.717) is 35.7 Å². The van der Waals surface area contributed by atoms with E-state index in [0.717, 1.165) is 23.5 Å². The number of rotatable bonds is 5. The Morgan fingerprint density at radius 3 is 2.48 bits per heavy atom. The minimum atomic E-state index is -0.308. The number of carbonyl (C=O) groups is 2. The summed E-state index contributed by atoms with van der Waals surface area (Å²) >= 11 is 0. The Bertz CT molecular complexity index is 1150. The molecule has 0 spiro atoms. The van der Waals surface area contributed by atoms with Crippen molar-refractivity contribution >= 4 is 23.2 Å². The van der Waals surface area contributed by atoms with Crippen LogP contribution in [0.2, 0.25) is 0 Å². The number of nitrogens with zero attached hydrogens (tertiary/aromatic N) is 2. The number of amides is 2. The fourth-order valence-electron chi connectivity index (χ4n) is 4.06. The lowest BCUT2D eigenvalue weighted by Crippen LogP contribution is -2.24. The van der Waals surface area contributed by atoms with Gasteiger partial charge in [0.2, 0.25) is 5.91 Å². The van der Waals surface area contributed by atoms with Crippen LogP contribution in [0.4, 0.5) is 15.8 Å². The van der Waals surface area contributed by atoms with Gasteiger partial charge in [-0.15, -0.1) is 0 Å². The molecule has 0 aliphatic carbocycles. The molecule has 1 N–H and O–H groups in total. The topological polar surface area (TPSA) is 63.6 Å². The number of anilines is 2. The van der Waals surface area contributed by atoms with Gasteiger partial charge in [-0.2, -0.15) is 0 Å². The number of methoxy groups -OCH3 is 1. The van der Waals surface area contributed by atoms with E-state index in [-0.39, 0.29) is 17.6 Å². The van der Waals surface area contributed by atoms with Gasteiger partial charge >= 0.3 is 0 Å². The van der Waals surface area contributed by atoms with Gasteiger partial charge in [0.1, 0.15) is 11.6 Å². The summed E-state index contributed by atoms with van der Waals surface area (Å²) in [5, 5.41) is 2.91. The number of hydrogen-bond acceptors (Lipinski definition) is 3. The first-order valence-electron chi connectivity index (χ1n) is 10.1. The van der Waals surface area contributed by atoms with Crippen LogP contribution in [0, 0.1) is 19.7 Å². The van der Waals surface area contributed by atoms with Crippen molar-refractivity contribution < 1.29 is 18.7 Å². The van der Waals surface area contributed by atoms with Crippen molar-refractivity contribution in [2.75, 3.05) is 23.9 Å². The minimum absolute atomic E-state index is 0.0725. The molecule has 7 heteroatoms. The number of halogens is 1. The molecule has 3 aromatic rings.